The normalized spacial score (nSPS) is 20.0. The molecule has 3 rings (SSSR count). The maximum Gasteiger partial charge on any atom is 0.475 e. The zero-order valence-corrected chi connectivity index (χ0v) is 15.7. The first-order valence-corrected chi connectivity index (χ1v) is 9.61. The van der Waals surface area contributed by atoms with Crippen LogP contribution in [0.25, 0.3) is 0 Å². The molecule has 1 fully saturated rings. The lowest BCUT2D eigenvalue weighted by Gasteiger charge is -2.27. The average molecular weight is 374 g/mol. The molecule has 0 spiro atoms. The third-order valence-corrected chi connectivity index (χ3v) is 5.39. The molecular formula is C19H27BN2O5. The minimum absolute atomic E-state index is 0.00401. The predicted octanol–water partition coefficient (Wildman–Crippen LogP) is 0.761. The smallest absolute Gasteiger partial charge is 0.475 e. The zero-order chi connectivity index (χ0) is 19.4. The summed E-state index contributed by atoms with van der Waals surface area (Å²) in [6.07, 6.45) is 2.95. The number of rotatable bonds is 7. The van der Waals surface area contributed by atoms with E-state index in [1.807, 2.05) is 25.1 Å². The Morgan fingerprint density at radius 2 is 2.22 bits per heavy atom. The summed E-state index contributed by atoms with van der Waals surface area (Å²) in [4.78, 5) is 25.8. The Hall–Kier alpha value is -2.06. The van der Waals surface area contributed by atoms with E-state index in [9.17, 15) is 19.6 Å². The standard InChI is InChI=1S/C19H27BN2O5/c1-13-5-4-6-15-14(12-27-19(13)15)11-16(20(25)26)21-17(23)8-10-22-9-3-2-7-18(22)24/h4-6,14,16,25-26H,2-3,7-12H2,1H3,(H,21,23). The summed E-state index contributed by atoms with van der Waals surface area (Å²) in [6, 6.07) is 5.91. The quantitative estimate of drug-likeness (QED) is 0.612. The van der Waals surface area contributed by atoms with Crippen molar-refractivity contribution in [2.24, 2.45) is 0 Å². The molecule has 2 aliphatic rings. The molecule has 0 radical (unpaired) electrons. The van der Waals surface area contributed by atoms with Gasteiger partial charge in [-0.3, -0.25) is 9.59 Å². The molecule has 2 heterocycles. The van der Waals surface area contributed by atoms with Gasteiger partial charge in [-0.05, 0) is 31.7 Å². The van der Waals surface area contributed by atoms with Crippen molar-refractivity contribution in [3.05, 3.63) is 29.3 Å². The Morgan fingerprint density at radius 1 is 1.41 bits per heavy atom. The highest BCUT2D eigenvalue weighted by Gasteiger charge is 2.33. The van der Waals surface area contributed by atoms with Crippen molar-refractivity contribution in [1.82, 2.24) is 10.2 Å². The molecule has 1 aromatic carbocycles. The first-order chi connectivity index (χ1) is 13.0. The van der Waals surface area contributed by atoms with E-state index in [4.69, 9.17) is 4.74 Å². The van der Waals surface area contributed by atoms with Gasteiger partial charge in [-0.25, -0.2) is 0 Å². The highest BCUT2D eigenvalue weighted by Crippen LogP contribution is 2.38. The SMILES string of the molecule is Cc1cccc2c1OCC2CC(NC(=O)CCN1CCCCC1=O)B(O)O. The lowest BCUT2D eigenvalue weighted by atomic mass is 9.73. The summed E-state index contributed by atoms with van der Waals surface area (Å²) in [7, 11) is -1.65. The Kier molecular flexibility index (Phi) is 6.39. The van der Waals surface area contributed by atoms with Crippen molar-refractivity contribution in [3.63, 3.8) is 0 Å². The number of nitrogens with zero attached hydrogens (tertiary/aromatic N) is 1. The summed E-state index contributed by atoms with van der Waals surface area (Å²) in [5, 5.41) is 22.1. The summed E-state index contributed by atoms with van der Waals surface area (Å²) in [5.74, 6) is -0.133. The highest BCUT2D eigenvalue weighted by atomic mass is 16.5. The van der Waals surface area contributed by atoms with Crippen molar-refractivity contribution < 1.29 is 24.4 Å². The second-order valence-electron chi connectivity index (χ2n) is 7.41. The summed E-state index contributed by atoms with van der Waals surface area (Å²) in [5.41, 5.74) is 2.08. The van der Waals surface area contributed by atoms with Crippen LogP contribution in [0.4, 0.5) is 0 Å². The summed E-state index contributed by atoms with van der Waals surface area (Å²) in [6.45, 7) is 3.49. The summed E-state index contributed by atoms with van der Waals surface area (Å²) < 4.78 is 5.75. The van der Waals surface area contributed by atoms with Crippen molar-refractivity contribution in [2.45, 2.75) is 50.9 Å². The van der Waals surface area contributed by atoms with Gasteiger partial charge in [0.1, 0.15) is 5.75 Å². The van der Waals surface area contributed by atoms with Crippen LogP contribution in [0.5, 0.6) is 5.75 Å². The first-order valence-electron chi connectivity index (χ1n) is 9.61. The molecule has 2 atom stereocenters. The number of carbonyl (C=O) groups is 2. The third kappa shape index (κ3) is 4.81. The fourth-order valence-electron chi connectivity index (χ4n) is 3.84. The van der Waals surface area contributed by atoms with Gasteiger partial charge in [0.25, 0.3) is 0 Å². The Balaban J connectivity index is 1.54. The predicted molar refractivity (Wildman–Crippen MR) is 101 cm³/mol. The van der Waals surface area contributed by atoms with Crippen molar-refractivity contribution in [2.75, 3.05) is 19.7 Å². The van der Waals surface area contributed by atoms with Crippen LogP contribution in [0.3, 0.4) is 0 Å². The fraction of sp³-hybridized carbons (Fsp3) is 0.579. The van der Waals surface area contributed by atoms with Crippen molar-refractivity contribution >= 4 is 18.9 Å². The number of likely N-dealkylation sites (tertiary alicyclic amines) is 1. The van der Waals surface area contributed by atoms with Crippen LogP contribution >= 0.6 is 0 Å². The lowest BCUT2D eigenvalue weighted by molar-refractivity contribution is -0.133. The molecular weight excluding hydrogens is 347 g/mol. The number of aryl methyl sites for hydroxylation is 1. The van der Waals surface area contributed by atoms with Gasteiger partial charge in [-0.2, -0.15) is 0 Å². The number of ether oxygens (including phenoxy) is 1. The molecule has 1 saturated heterocycles. The van der Waals surface area contributed by atoms with Gasteiger partial charge in [-0.1, -0.05) is 18.2 Å². The highest BCUT2D eigenvalue weighted by molar-refractivity contribution is 6.43. The van der Waals surface area contributed by atoms with Crippen LogP contribution in [-0.4, -0.2) is 59.5 Å². The number of piperidine rings is 1. The van der Waals surface area contributed by atoms with Gasteiger partial charge >= 0.3 is 7.12 Å². The van der Waals surface area contributed by atoms with E-state index in [0.717, 1.165) is 29.7 Å². The van der Waals surface area contributed by atoms with Crippen LogP contribution in [0.1, 0.15) is 49.1 Å². The van der Waals surface area contributed by atoms with E-state index < -0.39 is 13.1 Å². The van der Waals surface area contributed by atoms with E-state index in [-0.39, 0.29) is 24.2 Å². The monoisotopic (exact) mass is 374 g/mol. The molecule has 27 heavy (non-hydrogen) atoms. The maximum absolute atomic E-state index is 12.3. The molecule has 146 valence electrons. The van der Waals surface area contributed by atoms with E-state index in [2.05, 4.69) is 5.32 Å². The van der Waals surface area contributed by atoms with Crippen molar-refractivity contribution in [3.8, 4) is 5.75 Å². The number of amides is 2. The number of hydrogen-bond acceptors (Lipinski definition) is 5. The number of nitrogens with one attached hydrogen (secondary N) is 1. The van der Waals surface area contributed by atoms with Crippen LogP contribution in [-0.2, 0) is 9.59 Å². The van der Waals surface area contributed by atoms with E-state index >= 15 is 0 Å². The molecule has 7 nitrogen and oxygen atoms in total. The molecule has 0 saturated carbocycles. The Labute approximate surface area is 159 Å². The molecule has 2 amide bonds. The van der Waals surface area contributed by atoms with E-state index in [0.29, 0.717) is 32.5 Å². The van der Waals surface area contributed by atoms with E-state index in [1.165, 1.54) is 0 Å². The molecule has 2 aliphatic heterocycles. The molecule has 0 aromatic heterocycles. The fourth-order valence-corrected chi connectivity index (χ4v) is 3.84. The molecule has 0 bridgehead atoms. The number of hydrogen-bond donors (Lipinski definition) is 3. The molecule has 1 aromatic rings. The summed E-state index contributed by atoms with van der Waals surface area (Å²) >= 11 is 0. The molecule has 2 unspecified atom stereocenters. The minimum Gasteiger partial charge on any atom is -0.492 e. The van der Waals surface area contributed by atoms with Gasteiger partial charge in [0.05, 0.1) is 12.5 Å². The largest absolute Gasteiger partial charge is 0.492 e. The molecule has 0 aliphatic carbocycles. The van der Waals surface area contributed by atoms with Gasteiger partial charge in [-0.15, -0.1) is 0 Å². The number of fused-ring (bicyclic) bond motifs is 1. The minimum atomic E-state index is -1.65. The van der Waals surface area contributed by atoms with Gasteiger partial charge < -0.3 is 25.0 Å². The van der Waals surface area contributed by atoms with Crippen molar-refractivity contribution in [1.29, 1.82) is 0 Å². The van der Waals surface area contributed by atoms with Crippen LogP contribution in [0, 0.1) is 6.92 Å². The Bertz CT molecular complexity index is 697. The first kappa shape index (κ1) is 19.7. The second-order valence-corrected chi connectivity index (χ2v) is 7.41. The topological polar surface area (TPSA) is 99.1 Å². The number of carbonyl (C=O) groups excluding carboxylic acids is 2. The van der Waals surface area contributed by atoms with Gasteiger partial charge in [0.15, 0.2) is 0 Å². The van der Waals surface area contributed by atoms with Crippen LogP contribution in [0.2, 0.25) is 0 Å². The van der Waals surface area contributed by atoms with Gasteiger partial charge in [0.2, 0.25) is 11.8 Å². The number of benzene rings is 1. The number of para-hydroxylation sites is 1. The van der Waals surface area contributed by atoms with Crippen LogP contribution < -0.4 is 10.1 Å². The Morgan fingerprint density at radius 3 is 2.96 bits per heavy atom. The molecule has 8 heteroatoms. The van der Waals surface area contributed by atoms with Gasteiger partial charge in [0, 0.05) is 37.4 Å². The average Bonchev–Trinajstić information content (AvgIpc) is 3.05. The molecule has 3 N–H and O–H groups in total. The lowest BCUT2D eigenvalue weighted by Crippen LogP contribution is -2.48. The third-order valence-electron chi connectivity index (χ3n) is 5.39. The second kappa shape index (κ2) is 8.76. The van der Waals surface area contributed by atoms with Crippen LogP contribution in [0.15, 0.2) is 18.2 Å². The van der Waals surface area contributed by atoms with E-state index in [1.54, 1.807) is 4.90 Å². The zero-order valence-electron chi connectivity index (χ0n) is 15.7. The maximum atomic E-state index is 12.3.